The van der Waals surface area contributed by atoms with Crippen LogP contribution >= 0.6 is 0 Å². The van der Waals surface area contributed by atoms with E-state index >= 15 is 0 Å². The second kappa shape index (κ2) is 7.62. The summed E-state index contributed by atoms with van der Waals surface area (Å²) in [6.45, 7) is 6.63. The lowest BCUT2D eigenvalue weighted by Gasteiger charge is -2.29. The van der Waals surface area contributed by atoms with Gasteiger partial charge in [-0.25, -0.2) is 0 Å². The van der Waals surface area contributed by atoms with Gasteiger partial charge in [0.1, 0.15) is 0 Å². The Labute approximate surface area is 121 Å². The van der Waals surface area contributed by atoms with E-state index in [1.165, 1.54) is 12.8 Å². The molecule has 0 bridgehead atoms. The molecule has 20 heavy (non-hydrogen) atoms. The molecule has 0 atom stereocenters. The van der Waals surface area contributed by atoms with Crippen molar-refractivity contribution in [1.82, 2.24) is 10.2 Å². The molecule has 1 heterocycles. The van der Waals surface area contributed by atoms with Gasteiger partial charge in [0.2, 0.25) is 5.91 Å². The highest BCUT2D eigenvalue weighted by Gasteiger charge is 2.25. The predicted octanol–water partition coefficient (Wildman–Crippen LogP) is 1.73. The number of likely N-dealkylation sites (tertiary alicyclic amines) is 1. The molecule has 0 unspecified atom stereocenters. The highest BCUT2D eigenvalue weighted by atomic mass is 16.4. The van der Waals surface area contributed by atoms with Crippen LogP contribution in [0.4, 0.5) is 0 Å². The van der Waals surface area contributed by atoms with E-state index < -0.39 is 11.4 Å². The average Bonchev–Trinajstić information content (AvgIpc) is 2.29. The fourth-order valence-electron chi connectivity index (χ4n) is 2.74. The largest absolute Gasteiger partial charge is 0.481 e. The van der Waals surface area contributed by atoms with Crippen molar-refractivity contribution in [1.29, 1.82) is 0 Å². The number of hydrogen-bond acceptors (Lipinski definition) is 3. The number of carboxylic acid groups (broad SMARTS) is 1. The van der Waals surface area contributed by atoms with Crippen LogP contribution in [0.1, 0.15) is 46.0 Å². The van der Waals surface area contributed by atoms with Crippen LogP contribution in [0.5, 0.6) is 0 Å². The summed E-state index contributed by atoms with van der Waals surface area (Å²) < 4.78 is 0. The molecule has 1 aliphatic heterocycles. The van der Waals surface area contributed by atoms with E-state index in [0.29, 0.717) is 12.5 Å². The molecule has 1 aliphatic rings. The van der Waals surface area contributed by atoms with Gasteiger partial charge in [0, 0.05) is 13.0 Å². The molecule has 5 nitrogen and oxygen atoms in total. The number of nitrogens with zero attached hydrogens (tertiary/aromatic N) is 1. The van der Waals surface area contributed by atoms with Gasteiger partial charge in [-0.05, 0) is 50.7 Å². The molecule has 5 heteroatoms. The van der Waals surface area contributed by atoms with Crippen molar-refractivity contribution in [3.63, 3.8) is 0 Å². The van der Waals surface area contributed by atoms with Crippen molar-refractivity contribution in [2.24, 2.45) is 11.3 Å². The van der Waals surface area contributed by atoms with Gasteiger partial charge < -0.3 is 15.3 Å². The number of carbonyl (C=O) groups excluding carboxylic acids is 1. The highest BCUT2D eigenvalue weighted by Crippen LogP contribution is 2.25. The molecule has 1 amide bonds. The van der Waals surface area contributed by atoms with E-state index in [1.54, 1.807) is 0 Å². The number of piperidine rings is 1. The average molecular weight is 284 g/mol. The number of amides is 1. The van der Waals surface area contributed by atoms with Crippen LogP contribution in [-0.4, -0.2) is 48.6 Å². The molecule has 2 N–H and O–H groups in total. The van der Waals surface area contributed by atoms with Crippen molar-refractivity contribution >= 4 is 11.9 Å². The van der Waals surface area contributed by atoms with Crippen molar-refractivity contribution in [2.45, 2.75) is 46.0 Å². The fourth-order valence-corrected chi connectivity index (χ4v) is 2.74. The predicted molar refractivity (Wildman–Crippen MR) is 78.5 cm³/mol. The van der Waals surface area contributed by atoms with E-state index in [0.717, 1.165) is 19.5 Å². The number of nitrogens with one attached hydrogen (secondary N) is 1. The third-order valence-electron chi connectivity index (χ3n) is 3.98. The Kier molecular flexibility index (Phi) is 6.46. The van der Waals surface area contributed by atoms with Gasteiger partial charge in [0.25, 0.3) is 0 Å². The Morgan fingerprint density at radius 1 is 1.25 bits per heavy atom. The molecule has 116 valence electrons. The van der Waals surface area contributed by atoms with Gasteiger partial charge in [-0.1, -0.05) is 13.8 Å². The van der Waals surface area contributed by atoms with Crippen LogP contribution in [-0.2, 0) is 9.59 Å². The summed E-state index contributed by atoms with van der Waals surface area (Å²) in [5.41, 5.74) is -0.483. The Hall–Kier alpha value is -1.10. The summed E-state index contributed by atoms with van der Waals surface area (Å²) in [4.78, 5) is 24.9. The van der Waals surface area contributed by atoms with Gasteiger partial charge in [-0.2, -0.15) is 0 Å². The van der Waals surface area contributed by atoms with Crippen molar-refractivity contribution in [2.75, 3.05) is 26.7 Å². The Balaban J connectivity index is 2.18. The minimum atomic E-state index is -0.853. The number of rotatable bonds is 7. The topological polar surface area (TPSA) is 69.6 Å². The SMILES string of the molecule is CN1CCC(CCNC(=O)CC(C)(C)CC(=O)O)CC1. The summed E-state index contributed by atoms with van der Waals surface area (Å²) in [5.74, 6) is -0.183. The first-order chi connectivity index (χ1) is 9.28. The lowest BCUT2D eigenvalue weighted by atomic mass is 9.85. The maximum atomic E-state index is 11.8. The standard InChI is InChI=1S/C15H28N2O3/c1-15(2,11-14(19)20)10-13(18)16-7-4-12-5-8-17(3)9-6-12/h12H,4-11H2,1-3H3,(H,16,18)(H,19,20). The van der Waals surface area contributed by atoms with Gasteiger partial charge in [-0.15, -0.1) is 0 Å². The number of carboxylic acids is 1. The monoisotopic (exact) mass is 284 g/mol. The Bertz CT molecular complexity index is 334. The van der Waals surface area contributed by atoms with Crippen LogP contribution in [0.2, 0.25) is 0 Å². The zero-order valence-corrected chi connectivity index (χ0v) is 12.9. The molecular weight excluding hydrogens is 256 g/mol. The van der Waals surface area contributed by atoms with Gasteiger partial charge in [-0.3, -0.25) is 9.59 Å². The number of carbonyl (C=O) groups is 2. The Morgan fingerprint density at radius 2 is 1.85 bits per heavy atom. The molecule has 1 fully saturated rings. The molecule has 0 aliphatic carbocycles. The van der Waals surface area contributed by atoms with E-state index in [2.05, 4.69) is 17.3 Å². The van der Waals surface area contributed by atoms with Crippen LogP contribution in [0.15, 0.2) is 0 Å². The van der Waals surface area contributed by atoms with Gasteiger partial charge >= 0.3 is 5.97 Å². The molecule has 0 aromatic heterocycles. The van der Waals surface area contributed by atoms with Crippen molar-refractivity contribution < 1.29 is 14.7 Å². The summed E-state index contributed by atoms with van der Waals surface area (Å²) in [6.07, 6.45) is 3.73. The Morgan fingerprint density at radius 3 is 2.40 bits per heavy atom. The normalized spacial score (nSPS) is 17.9. The van der Waals surface area contributed by atoms with Gasteiger partial charge in [0.05, 0.1) is 6.42 Å². The second-order valence-electron chi connectivity index (χ2n) is 6.80. The lowest BCUT2D eigenvalue weighted by Crippen LogP contribution is -2.34. The fraction of sp³-hybridized carbons (Fsp3) is 0.867. The third kappa shape index (κ3) is 6.89. The van der Waals surface area contributed by atoms with Crippen LogP contribution in [0, 0.1) is 11.3 Å². The lowest BCUT2D eigenvalue weighted by molar-refractivity contribution is -0.139. The van der Waals surface area contributed by atoms with Crippen LogP contribution < -0.4 is 5.32 Å². The first-order valence-corrected chi connectivity index (χ1v) is 7.45. The van der Waals surface area contributed by atoms with E-state index in [1.807, 2.05) is 13.8 Å². The summed E-state index contributed by atoms with van der Waals surface area (Å²) in [7, 11) is 2.14. The highest BCUT2D eigenvalue weighted by molar-refractivity contribution is 5.77. The maximum Gasteiger partial charge on any atom is 0.303 e. The number of aliphatic carboxylic acids is 1. The van der Waals surface area contributed by atoms with Crippen LogP contribution in [0.3, 0.4) is 0 Å². The van der Waals surface area contributed by atoms with Crippen molar-refractivity contribution in [3.8, 4) is 0 Å². The summed E-state index contributed by atoms with van der Waals surface area (Å²) in [6, 6.07) is 0. The summed E-state index contributed by atoms with van der Waals surface area (Å²) >= 11 is 0. The molecular formula is C15H28N2O3. The van der Waals surface area contributed by atoms with E-state index in [-0.39, 0.29) is 18.7 Å². The molecule has 0 aromatic rings. The zero-order valence-electron chi connectivity index (χ0n) is 12.9. The first kappa shape index (κ1) is 17.0. The molecule has 0 saturated carbocycles. The number of hydrogen-bond donors (Lipinski definition) is 2. The van der Waals surface area contributed by atoms with E-state index in [9.17, 15) is 9.59 Å². The first-order valence-electron chi connectivity index (χ1n) is 7.45. The smallest absolute Gasteiger partial charge is 0.303 e. The zero-order chi connectivity index (χ0) is 15.2. The minimum absolute atomic E-state index is 0.0232. The summed E-state index contributed by atoms with van der Waals surface area (Å²) in [5, 5.41) is 11.7. The molecule has 0 spiro atoms. The van der Waals surface area contributed by atoms with Crippen molar-refractivity contribution in [3.05, 3.63) is 0 Å². The molecule has 1 rings (SSSR count). The second-order valence-corrected chi connectivity index (χ2v) is 6.80. The third-order valence-corrected chi connectivity index (χ3v) is 3.98. The quantitative estimate of drug-likeness (QED) is 0.747. The maximum absolute atomic E-state index is 11.8. The van der Waals surface area contributed by atoms with E-state index in [4.69, 9.17) is 5.11 Å². The molecule has 0 aromatic carbocycles. The minimum Gasteiger partial charge on any atom is -0.481 e. The molecule has 1 saturated heterocycles. The molecule has 0 radical (unpaired) electrons. The van der Waals surface area contributed by atoms with Gasteiger partial charge in [0.15, 0.2) is 0 Å². The van der Waals surface area contributed by atoms with Crippen LogP contribution in [0.25, 0.3) is 0 Å².